The van der Waals surface area contributed by atoms with Crippen LogP contribution in [0.25, 0.3) is 21.1 Å². The zero-order valence-electron chi connectivity index (χ0n) is 38.6. The zero-order valence-corrected chi connectivity index (χ0v) is 40.3. The maximum atomic E-state index is 14.4. The molecule has 5 saturated heterocycles. The molecule has 3 aromatic heterocycles. The predicted molar refractivity (Wildman–Crippen MR) is 260 cm³/mol. The van der Waals surface area contributed by atoms with Crippen LogP contribution in [0, 0.1) is 17.8 Å². The van der Waals surface area contributed by atoms with Crippen molar-refractivity contribution in [2.45, 2.75) is 107 Å². The van der Waals surface area contributed by atoms with Crippen LogP contribution >= 0.6 is 18.9 Å². The number of anilines is 1. The molecule has 5 aromatic rings. The summed E-state index contributed by atoms with van der Waals surface area (Å²) in [6, 6.07) is 11.0. The summed E-state index contributed by atoms with van der Waals surface area (Å²) in [5.74, 6) is 3.11. The molecule has 0 saturated carbocycles. The van der Waals surface area contributed by atoms with Crippen LogP contribution in [0.4, 0.5) is 10.1 Å². The van der Waals surface area contributed by atoms with Crippen molar-refractivity contribution >= 4 is 75.3 Å². The summed E-state index contributed by atoms with van der Waals surface area (Å²) in [7, 11) is -3.34. The molecule has 2 unspecified atom stereocenters. The summed E-state index contributed by atoms with van der Waals surface area (Å²) in [5, 5.41) is 5.70. The molecule has 5 aliphatic heterocycles. The van der Waals surface area contributed by atoms with E-state index in [0.717, 1.165) is 73.3 Å². The van der Waals surface area contributed by atoms with Gasteiger partial charge in [-0.3, -0.25) is 48.0 Å². The highest BCUT2D eigenvalue weighted by atomic mass is 32.1. The third-order valence-corrected chi connectivity index (χ3v) is 17.0. The average Bonchev–Trinajstić information content (AvgIpc) is 4.00. The molecule has 20 heteroatoms. The number of amides is 5. The monoisotopic (exact) mass is 992 g/mol. The lowest BCUT2D eigenvalue weighted by molar-refractivity contribution is -0.148. The number of carbonyl (C=O) groups is 5. The van der Waals surface area contributed by atoms with Crippen LogP contribution in [0.15, 0.2) is 65.7 Å². The number of carbonyl (C=O) groups excluding carboxylic acids is 5. The maximum Gasteiger partial charge on any atom is 0.363 e. The number of rotatable bonds is 10. The molecule has 5 fully saturated rings. The Morgan fingerprint density at radius 1 is 0.971 bits per heavy atom. The first-order valence-electron chi connectivity index (χ1n) is 24.0. The van der Waals surface area contributed by atoms with Crippen LogP contribution in [0.1, 0.15) is 115 Å². The first-order valence-corrected chi connectivity index (χ1v) is 26.5. The predicted octanol–water partition coefficient (Wildman–Crippen LogP) is 5.39. The Labute approximate surface area is 406 Å². The van der Waals surface area contributed by atoms with Gasteiger partial charge < -0.3 is 29.8 Å². The van der Waals surface area contributed by atoms with Crippen LogP contribution in [-0.4, -0.2) is 108 Å². The summed E-state index contributed by atoms with van der Waals surface area (Å²) in [4.78, 5) is 109. The van der Waals surface area contributed by atoms with E-state index < -0.39 is 43.4 Å². The Morgan fingerprint density at radius 3 is 2.54 bits per heavy atom. The minimum atomic E-state index is -5.01. The molecule has 0 bridgehead atoms. The van der Waals surface area contributed by atoms with Gasteiger partial charge in [-0.1, -0.05) is 17.9 Å². The van der Waals surface area contributed by atoms with Gasteiger partial charge in [-0.2, -0.15) is 0 Å². The maximum absolute atomic E-state index is 14.4. The SMILES string of the molecule is Cn1c(=O)n(C2CCC(=O)NC2=O)c2ccc(C#CCCC3CCN(c4ccncc4C4CN(C(=O)[C@@H]5CC[C@@H]6CCC[C@H](NC(=O)c7cc8cc(C(F)P(=O)(O)O)ccc8s7)C(=O)N65)C4)CC3)cc21. The van der Waals surface area contributed by atoms with E-state index in [1.165, 1.54) is 33.4 Å². The van der Waals surface area contributed by atoms with Crippen LogP contribution in [0.2, 0.25) is 0 Å². The van der Waals surface area contributed by atoms with Crippen LogP contribution in [-0.2, 0) is 30.8 Å². The number of fused-ring (bicyclic) bond motifs is 3. The van der Waals surface area contributed by atoms with Crippen molar-refractivity contribution in [3.8, 4) is 11.8 Å². The number of aryl methyl sites for hydroxylation is 1. The number of likely N-dealkylation sites (tertiary alicyclic amines) is 1. The van der Waals surface area contributed by atoms with E-state index >= 15 is 0 Å². The number of piperidine rings is 2. The molecule has 5 aliphatic rings. The number of halogens is 1. The molecule has 8 heterocycles. The number of pyridine rings is 1. The molecule has 70 heavy (non-hydrogen) atoms. The second-order valence-electron chi connectivity index (χ2n) is 19.3. The van der Waals surface area contributed by atoms with Gasteiger partial charge in [0.2, 0.25) is 29.5 Å². The van der Waals surface area contributed by atoms with Gasteiger partial charge in [-0.25, -0.2) is 9.18 Å². The van der Waals surface area contributed by atoms with Crippen LogP contribution in [0.5, 0.6) is 0 Å². The highest BCUT2D eigenvalue weighted by Gasteiger charge is 2.48. The third kappa shape index (κ3) is 9.18. The number of alkyl halides is 1. The van der Waals surface area contributed by atoms with Gasteiger partial charge in [-0.15, -0.1) is 11.3 Å². The Balaban J connectivity index is 0.717. The van der Waals surface area contributed by atoms with Gasteiger partial charge in [0.15, 0.2) is 0 Å². The van der Waals surface area contributed by atoms with Gasteiger partial charge in [0.05, 0.1) is 15.9 Å². The van der Waals surface area contributed by atoms with E-state index in [2.05, 4.69) is 38.4 Å². The standard InChI is InChI=1S/C50H54FN8O9PS/c1-55-41-23-30(9-12-38(41)59(50(55)65)39-14-16-44(60)54-46(39)61)6-3-2-5-29-18-21-56(22-19-29)37-17-20-52-26-35(37)33-27-57(28-33)49(64)40-13-11-34-7-4-8-36(48(63)58(34)40)53-47(62)43-25-32-24-31(10-15-42(32)70-43)45(51)69(66,67)68/h9-10,12,15,17,20,23-26,29,33-34,36,39-40,45H,2,4-5,7-8,11,13-14,16,18-19,21-22,27-28H2,1H3,(H,53,62)(H,54,60,61)(H2,66,67,68)/t34-,36-,39?,40-,45?/m0/s1. The quantitative estimate of drug-likeness (QED) is 0.0791. The lowest BCUT2D eigenvalue weighted by Gasteiger charge is -2.44. The minimum Gasteiger partial charge on any atom is -0.371 e. The second-order valence-corrected chi connectivity index (χ2v) is 22.0. The summed E-state index contributed by atoms with van der Waals surface area (Å²) in [6.07, 6.45) is 11.0. The number of aromatic nitrogens is 3. The molecule has 4 N–H and O–H groups in total. The smallest absolute Gasteiger partial charge is 0.363 e. The normalized spacial score (nSPS) is 22.9. The molecular weight excluding hydrogens is 939 g/mol. The number of imide groups is 1. The van der Waals surface area contributed by atoms with E-state index in [-0.39, 0.29) is 58.7 Å². The topological polar surface area (TPSA) is 216 Å². The first kappa shape index (κ1) is 47.5. The molecule has 5 amide bonds. The molecule has 5 atom stereocenters. The highest BCUT2D eigenvalue weighted by molar-refractivity contribution is 7.51. The minimum absolute atomic E-state index is 0.0785. The van der Waals surface area contributed by atoms with Crippen molar-refractivity contribution in [2.75, 3.05) is 31.1 Å². The van der Waals surface area contributed by atoms with Crippen molar-refractivity contribution in [3.63, 3.8) is 0 Å². The summed E-state index contributed by atoms with van der Waals surface area (Å²) in [6.45, 7) is 2.83. The van der Waals surface area contributed by atoms with Crippen molar-refractivity contribution in [1.29, 1.82) is 0 Å². The van der Waals surface area contributed by atoms with E-state index in [1.807, 2.05) is 35.5 Å². The van der Waals surface area contributed by atoms with Crippen LogP contribution < -0.4 is 21.2 Å². The van der Waals surface area contributed by atoms with E-state index in [1.54, 1.807) is 11.9 Å². The largest absolute Gasteiger partial charge is 0.371 e. The summed E-state index contributed by atoms with van der Waals surface area (Å²) < 4.78 is 29.5. The fourth-order valence-corrected chi connectivity index (χ4v) is 12.6. The van der Waals surface area contributed by atoms with E-state index in [4.69, 9.17) is 0 Å². The van der Waals surface area contributed by atoms with Gasteiger partial charge in [0.1, 0.15) is 18.1 Å². The number of hydrogen-bond acceptors (Lipinski definition) is 10. The van der Waals surface area contributed by atoms with Crippen molar-refractivity contribution < 1.29 is 42.7 Å². The Kier molecular flexibility index (Phi) is 13.0. The van der Waals surface area contributed by atoms with Crippen LogP contribution in [0.3, 0.4) is 0 Å². The molecule has 0 radical (unpaired) electrons. The van der Waals surface area contributed by atoms with Crippen molar-refractivity contribution in [2.24, 2.45) is 13.0 Å². The highest BCUT2D eigenvalue weighted by Crippen LogP contribution is 2.53. The lowest BCUT2D eigenvalue weighted by atomic mass is 9.88. The summed E-state index contributed by atoms with van der Waals surface area (Å²) in [5.41, 5.74) is 3.84. The molecule has 0 spiro atoms. The Hall–Kier alpha value is -6.19. The number of nitrogens with one attached hydrogen (secondary N) is 2. The average molecular weight is 993 g/mol. The molecule has 10 rings (SSSR count). The van der Waals surface area contributed by atoms with Crippen molar-refractivity contribution in [3.05, 3.63) is 93.0 Å². The third-order valence-electron chi connectivity index (χ3n) is 14.9. The fourth-order valence-electron chi connectivity index (χ4n) is 11.1. The molecular formula is C50H54FN8O9PS. The lowest BCUT2D eigenvalue weighted by Crippen LogP contribution is -2.58. The fraction of sp³-hybridized carbons (Fsp3) is 0.460. The molecule has 17 nitrogen and oxygen atoms in total. The van der Waals surface area contributed by atoms with Gasteiger partial charge in [-0.05, 0) is 117 Å². The second kappa shape index (κ2) is 19.2. The molecule has 366 valence electrons. The number of hydrogen-bond donors (Lipinski definition) is 4. The summed E-state index contributed by atoms with van der Waals surface area (Å²) >= 11 is 1.14. The molecule has 0 aliphatic carbocycles. The molecule has 2 aromatic carbocycles. The first-order chi connectivity index (χ1) is 33.6. The number of benzene rings is 2. The number of imidazole rings is 1. The van der Waals surface area contributed by atoms with E-state index in [0.29, 0.717) is 65.8 Å². The van der Waals surface area contributed by atoms with Gasteiger partial charge >= 0.3 is 13.3 Å². The Bertz CT molecular complexity index is 3100. The Morgan fingerprint density at radius 2 is 1.77 bits per heavy atom. The van der Waals surface area contributed by atoms with Crippen molar-refractivity contribution in [1.82, 2.24) is 34.6 Å². The zero-order chi connectivity index (χ0) is 49.0. The van der Waals surface area contributed by atoms with Gasteiger partial charge in [0, 0.05) is 91.9 Å². The van der Waals surface area contributed by atoms with Gasteiger partial charge in [0.25, 0.3) is 5.91 Å². The number of thiophene rings is 1. The number of nitrogens with zero attached hydrogens (tertiary/aromatic N) is 6. The van der Waals surface area contributed by atoms with E-state index in [9.17, 15) is 47.5 Å².